The molecule has 1 rings (SSSR count). The number of rotatable bonds is 4. The van der Waals surface area contributed by atoms with Crippen molar-refractivity contribution >= 4 is 23.8 Å². The first-order valence-corrected chi connectivity index (χ1v) is 5.35. The van der Waals surface area contributed by atoms with E-state index < -0.39 is 18.0 Å². The number of carboxylic acids is 2. The van der Waals surface area contributed by atoms with Crippen LogP contribution in [0.1, 0.15) is 32.1 Å². The minimum Gasteiger partial charge on any atom is -0.481 e. The van der Waals surface area contributed by atoms with Crippen LogP contribution in [0.4, 0.5) is 0 Å². The van der Waals surface area contributed by atoms with Gasteiger partial charge in [0.15, 0.2) is 0 Å². The van der Waals surface area contributed by atoms with Crippen molar-refractivity contribution in [1.29, 1.82) is 0 Å². The lowest BCUT2D eigenvalue weighted by Gasteiger charge is -2.07. The molecule has 2 amide bonds. The summed E-state index contributed by atoms with van der Waals surface area (Å²) >= 11 is 0. The average Bonchev–Trinajstić information content (AvgIpc) is 2.26. The second-order valence-electron chi connectivity index (χ2n) is 3.70. The van der Waals surface area contributed by atoms with E-state index in [0.717, 1.165) is 0 Å². The van der Waals surface area contributed by atoms with Crippen molar-refractivity contribution in [2.75, 3.05) is 0 Å². The molecule has 8 heteroatoms. The summed E-state index contributed by atoms with van der Waals surface area (Å²) in [6.45, 7) is 0. The highest BCUT2D eigenvalue weighted by Gasteiger charge is 2.13. The van der Waals surface area contributed by atoms with Gasteiger partial charge in [0.25, 0.3) is 0 Å². The number of imide groups is 1. The lowest BCUT2D eigenvalue weighted by atomic mass is 10.1. The summed E-state index contributed by atoms with van der Waals surface area (Å²) < 4.78 is 0. The number of aliphatic carboxylic acids is 2. The molecule has 1 aliphatic heterocycles. The molecule has 1 heterocycles. The minimum atomic E-state index is -1.17. The van der Waals surface area contributed by atoms with E-state index >= 15 is 0 Å². The average molecular weight is 260 g/mol. The van der Waals surface area contributed by atoms with E-state index in [4.69, 9.17) is 15.9 Å². The fourth-order valence-corrected chi connectivity index (χ4v) is 1.09. The summed E-state index contributed by atoms with van der Waals surface area (Å²) in [6.07, 6.45) is 1.50. The van der Waals surface area contributed by atoms with Crippen LogP contribution in [-0.2, 0) is 19.2 Å². The fourth-order valence-electron chi connectivity index (χ4n) is 1.09. The summed E-state index contributed by atoms with van der Waals surface area (Å²) in [5.41, 5.74) is 5.00. The van der Waals surface area contributed by atoms with Crippen LogP contribution in [0.5, 0.6) is 0 Å². The fraction of sp³-hybridized carbons (Fsp3) is 0.600. The van der Waals surface area contributed by atoms with Gasteiger partial charge in [-0.05, 0) is 12.8 Å². The molecule has 1 fully saturated rings. The van der Waals surface area contributed by atoms with Gasteiger partial charge in [0.1, 0.15) is 6.04 Å². The minimum absolute atomic E-state index is 0.0231. The van der Waals surface area contributed by atoms with Crippen molar-refractivity contribution < 1.29 is 29.4 Å². The standard InChI is InChI=1S/C5H9NO4.C5H7NO2/c6-3(5(9)10)1-2-4(7)8;7-4-2-1-3-5(8)6-4/h3H,1-2,6H2,(H,7,8)(H,9,10);1-3H2,(H,6,7,8). The first-order valence-electron chi connectivity index (χ1n) is 5.35. The SMILES string of the molecule is NC(CCC(=O)O)C(=O)O.O=C1CCCC(=O)N1. The Kier molecular flexibility index (Phi) is 7.29. The molecular weight excluding hydrogens is 244 g/mol. The molecular formula is C10H16N2O6. The number of piperidine rings is 1. The normalized spacial score (nSPS) is 16.1. The number of hydrogen-bond acceptors (Lipinski definition) is 5. The van der Waals surface area contributed by atoms with Crippen LogP contribution < -0.4 is 11.1 Å². The Bertz CT molecular complexity index is 327. The summed E-state index contributed by atoms with van der Waals surface area (Å²) in [5.74, 6) is -2.47. The van der Waals surface area contributed by atoms with Gasteiger partial charge in [-0.2, -0.15) is 0 Å². The van der Waals surface area contributed by atoms with Gasteiger partial charge in [0, 0.05) is 19.3 Å². The van der Waals surface area contributed by atoms with Gasteiger partial charge in [-0.3, -0.25) is 24.5 Å². The molecule has 1 unspecified atom stereocenters. The lowest BCUT2D eigenvalue weighted by molar-refractivity contribution is -0.140. The molecule has 5 N–H and O–H groups in total. The molecule has 0 aromatic carbocycles. The smallest absolute Gasteiger partial charge is 0.320 e. The molecule has 8 nitrogen and oxygen atoms in total. The summed E-state index contributed by atoms with van der Waals surface area (Å²) in [6, 6.07) is -1.06. The van der Waals surface area contributed by atoms with Crippen LogP contribution in [0, 0.1) is 0 Å². The highest BCUT2D eigenvalue weighted by Crippen LogP contribution is 2.00. The number of carboxylic acid groups (broad SMARTS) is 2. The van der Waals surface area contributed by atoms with E-state index in [1.165, 1.54) is 0 Å². The van der Waals surface area contributed by atoms with Crippen LogP contribution in [0.15, 0.2) is 0 Å². The number of carbonyl (C=O) groups excluding carboxylic acids is 2. The zero-order valence-corrected chi connectivity index (χ0v) is 9.72. The third-order valence-electron chi connectivity index (χ3n) is 2.07. The van der Waals surface area contributed by atoms with Crippen molar-refractivity contribution in [3.05, 3.63) is 0 Å². The Morgan fingerprint density at radius 2 is 1.72 bits per heavy atom. The number of carbonyl (C=O) groups is 4. The molecule has 102 valence electrons. The Labute approximate surface area is 103 Å². The van der Waals surface area contributed by atoms with Gasteiger partial charge in [-0.25, -0.2) is 0 Å². The number of nitrogens with one attached hydrogen (secondary N) is 1. The van der Waals surface area contributed by atoms with E-state index in [2.05, 4.69) is 5.32 Å². The van der Waals surface area contributed by atoms with Crippen LogP contribution in [0.2, 0.25) is 0 Å². The second-order valence-corrected chi connectivity index (χ2v) is 3.70. The molecule has 0 bridgehead atoms. The first-order chi connectivity index (χ1) is 8.32. The monoisotopic (exact) mass is 260 g/mol. The summed E-state index contributed by atoms with van der Waals surface area (Å²) in [4.78, 5) is 40.6. The first kappa shape index (κ1) is 16.0. The number of nitrogens with two attached hydrogens (primary N) is 1. The van der Waals surface area contributed by atoms with E-state index in [0.29, 0.717) is 19.3 Å². The van der Waals surface area contributed by atoms with E-state index in [9.17, 15) is 19.2 Å². The Morgan fingerprint density at radius 3 is 2.00 bits per heavy atom. The Morgan fingerprint density at radius 1 is 1.22 bits per heavy atom. The highest BCUT2D eigenvalue weighted by molar-refractivity contribution is 5.97. The highest BCUT2D eigenvalue weighted by atomic mass is 16.4. The van der Waals surface area contributed by atoms with Crippen molar-refractivity contribution in [1.82, 2.24) is 5.32 Å². The van der Waals surface area contributed by atoms with E-state index in [-0.39, 0.29) is 24.7 Å². The molecule has 1 aliphatic rings. The zero-order valence-electron chi connectivity index (χ0n) is 9.72. The van der Waals surface area contributed by atoms with Crippen molar-refractivity contribution in [3.8, 4) is 0 Å². The third kappa shape index (κ3) is 8.22. The number of hydrogen-bond donors (Lipinski definition) is 4. The molecule has 0 radical (unpaired) electrons. The van der Waals surface area contributed by atoms with Gasteiger partial charge in [0.05, 0.1) is 0 Å². The maximum Gasteiger partial charge on any atom is 0.320 e. The second kappa shape index (κ2) is 8.18. The van der Waals surface area contributed by atoms with Crippen LogP contribution >= 0.6 is 0 Å². The molecule has 0 saturated carbocycles. The van der Waals surface area contributed by atoms with Gasteiger partial charge in [-0.15, -0.1) is 0 Å². The van der Waals surface area contributed by atoms with Crippen LogP contribution in [0.3, 0.4) is 0 Å². The molecule has 1 saturated heterocycles. The van der Waals surface area contributed by atoms with Crippen LogP contribution in [0.25, 0.3) is 0 Å². The summed E-state index contributed by atoms with van der Waals surface area (Å²) in [5, 5.41) is 18.5. The maximum atomic E-state index is 10.3. The zero-order chi connectivity index (χ0) is 14.1. The van der Waals surface area contributed by atoms with Crippen molar-refractivity contribution in [3.63, 3.8) is 0 Å². The van der Waals surface area contributed by atoms with E-state index in [1.54, 1.807) is 0 Å². The van der Waals surface area contributed by atoms with Crippen molar-refractivity contribution in [2.45, 2.75) is 38.1 Å². The van der Waals surface area contributed by atoms with Gasteiger partial charge in [0.2, 0.25) is 11.8 Å². The maximum absolute atomic E-state index is 10.3. The summed E-state index contributed by atoms with van der Waals surface area (Å²) in [7, 11) is 0. The van der Waals surface area contributed by atoms with Gasteiger partial charge >= 0.3 is 11.9 Å². The molecule has 0 aromatic heterocycles. The topological polar surface area (TPSA) is 147 Å². The predicted octanol–water partition coefficient (Wildman–Crippen LogP) is -0.924. The van der Waals surface area contributed by atoms with Crippen LogP contribution in [-0.4, -0.2) is 40.0 Å². The number of amides is 2. The quantitative estimate of drug-likeness (QED) is 0.477. The largest absolute Gasteiger partial charge is 0.481 e. The molecule has 0 aromatic rings. The van der Waals surface area contributed by atoms with Crippen molar-refractivity contribution in [2.24, 2.45) is 5.73 Å². The van der Waals surface area contributed by atoms with Gasteiger partial charge in [-0.1, -0.05) is 0 Å². The Balaban J connectivity index is 0.000000327. The predicted molar refractivity (Wildman–Crippen MR) is 59.5 cm³/mol. The van der Waals surface area contributed by atoms with E-state index in [1.807, 2.05) is 0 Å². The van der Waals surface area contributed by atoms with Gasteiger partial charge < -0.3 is 15.9 Å². The molecule has 0 aliphatic carbocycles. The lowest BCUT2D eigenvalue weighted by Crippen LogP contribution is -2.33. The molecule has 18 heavy (non-hydrogen) atoms. The Hall–Kier alpha value is -1.96. The molecule has 1 atom stereocenters. The molecule has 0 spiro atoms. The third-order valence-corrected chi connectivity index (χ3v) is 2.07.